The van der Waals surface area contributed by atoms with E-state index in [-0.39, 0.29) is 110 Å². The van der Waals surface area contributed by atoms with Crippen LogP contribution in [-0.2, 0) is 97.1 Å². The molecular formula is C65H121NO28S3. The van der Waals surface area contributed by atoms with Crippen LogP contribution >= 0.6 is 0 Å². The first-order chi connectivity index (χ1) is 42.5. The predicted molar refractivity (Wildman–Crippen MR) is 367 cm³/mol. The van der Waals surface area contributed by atoms with Gasteiger partial charge in [0.1, 0.15) is 47.9 Å². The van der Waals surface area contributed by atoms with Gasteiger partial charge >= 0.3 is 35.8 Å². The molecule has 0 aliphatic carbocycles. The fraction of sp³-hybridized carbons (Fsp3) is 0.800. The molecule has 0 amide bonds. The van der Waals surface area contributed by atoms with Crippen molar-refractivity contribution in [2.45, 2.75) is 248 Å². The Morgan fingerprint density at radius 3 is 0.948 bits per heavy atom. The molecule has 0 rings (SSSR count). The number of aliphatic carboxylic acids is 6. The Hall–Kier alpha value is -5.80. The van der Waals surface area contributed by atoms with Gasteiger partial charge in [0.2, 0.25) is 0 Å². The summed E-state index contributed by atoms with van der Waals surface area (Å²) >= 11 is 0. The highest BCUT2D eigenvalue weighted by atomic mass is 32.2. The molecule has 8 N–H and O–H groups in total. The van der Waals surface area contributed by atoms with Gasteiger partial charge in [-0.1, -0.05) is 145 Å². The molecule has 0 aromatic heterocycles. The molecule has 0 spiro atoms. The summed E-state index contributed by atoms with van der Waals surface area (Å²) in [5.41, 5.74) is -2.49. The summed E-state index contributed by atoms with van der Waals surface area (Å²) in [5.74, 6) is -8.25. The number of carboxylic acid groups (broad SMARTS) is 6. The number of hydrogen-bond acceptors (Lipinski definition) is 21. The maximum Gasteiger partial charge on any atom is 0.329 e. The molecule has 0 aliphatic heterocycles. The van der Waals surface area contributed by atoms with Crippen LogP contribution in [0.1, 0.15) is 243 Å². The summed E-state index contributed by atoms with van der Waals surface area (Å²) < 4.78 is 83.8. The van der Waals surface area contributed by atoms with Crippen molar-refractivity contribution in [3.8, 4) is 0 Å². The van der Waals surface area contributed by atoms with E-state index in [0.717, 1.165) is 12.8 Å². The van der Waals surface area contributed by atoms with E-state index < -0.39 is 127 Å². The number of likely N-dealkylation sites (N-methyl/N-ethyl adjacent to an activating group) is 1. The first-order valence-electron chi connectivity index (χ1n) is 30.9. The average Bonchev–Trinajstić information content (AvgIpc) is 2.15. The second-order valence-electron chi connectivity index (χ2n) is 30.9. The van der Waals surface area contributed by atoms with E-state index in [0.29, 0.717) is 19.3 Å². The Bertz CT molecular complexity index is 2810. The minimum absolute atomic E-state index is 0.0000926. The normalized spacial score (nSPS) is 12.0. The van der Waals surface area contributed by atoms with Crippen LogP contribution in [0, 0.1) is 37.9 Å². The Labute approximate surface area is 577 Å². The number of ketones is 7. The lowest BCUT2D eigenvalue weighted by atomic mass is 9.87. The van der Waals surface area contributed by atoms with E-state index in [2.05, 4.69) is 25.5 Å². The molecular weight excluding hydrogens is 1340 g/mol. The largest absolute Gasteiger partial charge is 0.481 e. The van der Waals surface area contributed by atoms with Crippen LogP contribution in [0.2, 0.25) is 0 Å². The lowest BCUT2D eigenvalue weighted by Gasteiger charge is -2.20. The molecule has 0 aliphatic rings. The van der Waals surface area contributed by atoms with Crippen LogP contribution in [0.4, 0.5) is 0 Å². The highest BCUT2D eigenvalue weighted by molar-refractivity contribution is 7.93. The molecule has 572 valence electrons. The van der Waals surface area contributed by atoms with E-state index in [1.165, 1.54) is 25.7 Å². The molecule has 0 bridgehead atoms. The number of rotatable bonds is 29. The molecule has 32 heteroatoms. The number of nitrogens with zero attached hydrogens (tertiary/aromatic N) is 1. The maximum absolute atomic E-state index is 11.5. The van der Waals surface area contributed by atoms with Crippen LogP contribution in [0.15, 0.2) is 0 Å². The van der Waals surface area contributed by atoms with Gasteiger partial charge in [0.25, 0.3) is 20.2 Å². The van der Waals surface area contributed by atoms with Gasteiger partial charge in [-0.05, 0) is 58.9 Å². The van der Waals surface area contributed by atoms with Crippen molar-refractivity contribution in [3.63, 3.8) is 0 Å². The van der Waals surface area contributed by atoms with Crippen LogP contribution < -0.4 is 0 Å². The zero-order valence-electron chi connectivity index (χ0n) is 62.3. The van der Waals surface area contributed by atoms with Crippen molar-refractivity contribution in [3.05, 3.63) is 0 Å². The number of hydrogen-bond donors (Lipinski definition) is 8. The minimum Gasteiger partial charge on any atom is -0.481 e. The lowest BCUT2D eigenvalue weighted by molar-refractivity contribution is -0.145. The van der Waals surface area contributed by atoms with Crippen LogP contribution in [0.3, 0.4) is 0 Å². The Kier molecular flexibility index (Phi) is 53.1. The minimum atomic E-state index is -4.16. The summed E-state index contributed by atoms with van der Waals surface area (Å²) in [4.78, 5) is 141. The average molecular weight is 1460 g/mol. The highest BCUT2D eigenvalue weighted by Gasteiger charge is 2.31. The Balaban J connectivity index is -0.000000156. The molecule has 0 aromatic carbocycles. The number of ether oxygens (including phenoxy) is 1. The van der Waals surface area contributed by atoms with Crippen molar-refractivity contribution in [1.82, 2.24) is 4.90 Å². The second-order valence-corrected chi connectivity index (χ2v) is 36.6. The van der Waals surface area contributed by atoms with Gasteiger partial charge in [0, 0.05) is 77.4 Å². The van der Waals surface area contributed by atoms with E-state index in [4.69, 9.17) is 39.7 Å². The SMILES string of the molecule is CC(C)(C)C(=O)CCC(=O)CCCS(=O)(=O)O.CC(C)(C)C(=O)CCC(=O)O.CC(C)(C)C(=O)CCCC(=O)O.CC(C)(C)C(=O)COCC(=O)O.CC(C)(C)C(=O)CS(=O)(=O)O.CC(C)(C)CCCC(=O)O.CC(C)(C)S(=O)(=O)CC(=O)O.CN(CC(=O)O)CC(=O)C(C)(C)C. The molecule has 29 nitrogen and oxygen atoms in total. The summed E-state index contributed by atoms with van der Waals surface area (Å²) in [7, 11) is -10.0. The van der Waals surface area contributed by atoms with Crippen molar-refractivity contribution >= 4 is 106 Å². The molecule has 97 heavy (non-hydrogen) atoms. The standard InChI is InChI=1S/C11H20O5S.C9H17NO3.C9H16O3.C8H14O4.C8H14O3.C8H16O2.2C6H12O4S/c1-11(2,3)10(13)7-6-9(12)5-4-8-17(14,15)16;1-9(2,3)7(11)5-10(4)6-8(12)13;1-9(2,3)7(10)5-4-6-8(11)12;1-8(2,3)6(9)4-12-5-7(10)11;1-8(2,3)6(9)4-5-7(10)11;1-8(2,3)6-4-5-7(9)10;1-6(2,3)11(9,10)4-5(7)8;1-6(2,3)5(7)4-11(8,9)10/h4-8H2,1-3H3,(H,14,15,16);5-6H2,1-4H3,(H,12,13);4-6H2,1-3H3,(H,11,12);4-5H2,1-3H3,(H,10,11);4-5H2,1-3H3,(H,10,11);4-6H2,1-3H3,(H,9,10);4H2,1-3H3,(H,7,8);4H2,1-3H3,(H,8,9,10). The van der Waals surface area contributed by atoms with Crippen molar-refractivity contribution in [2.24, 2.45) is 37.9 Å². The molecule has 0 radical (unpaired) electrons. The molecule has 0 fully saturated rings. The van der Waals surface area contributed by atoms with Gasteiger partial charge in [-0.15, -0.1) is 0 Å². The monoisotopic (exact) mass is 1460 g/mol. The molecule has 0 saturated carbocycles. The van der Waals surface area contributed by atoms with Gasteiger partial charge in [-0.2, -0.15) is 16.8 Å². The topological polar surface area (TPSA) is 499 Å². The van der Waals surface area contributed by atoms with E-state index in [1.807, 2.05) is 41.5 Å². The van der Waals surface area contributed by atoms with Crippen LogP contribution in [0.25, 0.3) is 0 Å². The molecule has 0 heterocycles. The van der Waals surface area contributed by atoms with E-state index in [9.17, 15) is 87.6 Å². The first kappa shape index (κ1) is 107. The maximum atomic E-state index is 11.5. The molecule has 0 aromatic rings. The second kappa shape index (κ2) is 48.1. The van der Waals surface area contributed by atoms with Gasteiger partial charge in [0.05, 0.1) is 30.0 Å². The highest BCUT2D eigenvalue weighted by Crippen LogP contribution is 2.23. The number of carbonyl (C=O) groups excluding carboxylic acids is 7. The third-order valence-corrected chi connectivity index (χ3v) is 15.9. The zero-order valence-corrected chi connectivity index (χ0v) is 64.8. The number of sulfone groups is 1. The van der Waals surface area contributed by atoms with E-state index >= 15 is 0 Å². The Morgan fingerprint density at radius 1 is 0.330 bits per heavy atom. The zero-order chi connectivity index (χ0) is 79.7. The third-order valence-electron chi connectivity index (χ3n) is 12.0. The van der Waals surface area contributed by atoms with Gasteiger partial charge < -0.3 is 35.4 Å². The summed E-state index contributed by atoms with van der Waals surface area (Å²) in [6.07, 6.45) is 3.57. The smallest absolute Gasteiger partial charge is 0.329 e. The number of carbonyl (C=O) groups is 13. The summed E-state index contributed by atoms with van der Waals surface area (Å²) in [5, 5.41) is 49.8. The van der Waals surface area contributed by atoms with Crippen LogP contribution in [0.5, 0.6) is 0 Å². The lowest BCUT2D eigenvalue weighted by Crippen LogP contribution is -2.36. The van der Waals surface area contributed by atoms with Crippen LogP contribution in [-0.4, -0.2) is 202 Å². The predicted octanol–water partition coefficient (Wildman–Crippen LogP) is 9.32. The fourth-order valence-electron chi connectivity index (χ4n) is 5.32. The molecule has 0 unspecified atom stereocenters. The van der Waals surface area contributed by atoms with Gasteiger partial charge in [-0.3, -0.25) is 71.5 Å². The van der Waals surface area contributed by atoms with Crippen molar-refractivity contribution in [2.75, 3.05) is 50.6 Å². The third kappa shape index (κ3) is 80.8. The quantitative estimate of drug-likeness (QED) is 0.0323. The number of carboxylic acids is 6. The molecule has 0 saturated heterocycles. The summed E-state index contributed by atoms with van der Waals surface area (Å²) in [6.45, 7) is 42.2. The van der Waals surface area contributed by atoms with Gasteiger partial charge in [-0.25, -0.2) is 13.2 Å². The Morgan fingerprint density at radius 2 is 0.680 bits per heavy atom. The van der Waals surface area contributed by atoms with E-state index in [1.54, 1.807) is 90.1 Å². The van der Waals surface area contributed by atoms with Crippen molar-refractivity contribution in [1.29, 1.82) is 0 Å². The molecule has 0 atom stereocenters. The van der Waals surface area contributed by atoms with Crippen molar-refractivity contribution < 1.29 is 132 Å². The fourth-order valence-corrected chi connectivity index (χ4v) is 7.35. The van der Waals surface area contributed by atoms with Gasteiger partial charge in [0.15, 0.2) is 27.2 Å². The first-order valence-corrected chi connectivity index (χ1v) is 35.8. The summed E-state index contributed by atoms with van der Waals surface area (Å²) in [6, 6.07) is 0. The number of Topliss-reactive ketones (excluding diaryl/α,β-unsaturated/α-hetero) is 7.